The van der Waals surface area contributed by atoms with Gasteiger partial charge in [-0.15, -0.1) is 0 Å². The maximum Gasteiger partial charge on any atom is 0.138 e. The van der Waals surface area contributed by atoms with Crippen LogP contribution in [-0.2, 0) is 0 Å². The zero-order chi connectivity index (χ0) is 12.0. The maximum absolute atomic E-state index is 5.20. The second-order valence-corrected chi connectivity index (χ2v) is 5.04. The summed E-state index contributed by atoms with van der Waals surface area (Å²) in [6, 6.07) is 7.67. The molecule has 0 aromatic heterocycles. The van der Waals surface area contributed by atoms with Crippen LogP contribution in [0.25, 0.3) is 0 Å². The van der Waals surface area contributed by atoms with Gasteiger partial charge in [-0.25, -0.2) is 0 Å². The first-order valence-electron chi connectivity index (χ1n) is 4.84. The summed E-state index contributed by atoms with van der Waals surface area (Å²) in [6.07, 6.45) is 0. The molecule has 0 spiro atoms. The maximum atomic E-state index is 5.20. The number of methoxy groups -OCH3 is 1. The van der Waals surface area contributed by atoms with Crippen LogP contribution >= 0.6 is 24.0 Å². The van der Waals surface area contributed by atoms with Gasteiger partial charge in [-0.05, 0) is 31.2 Å². The minimum atomic E-state index is 0.758. The van der Waals surface area contributed by atoms with E-state index in [0.717, 1.165) is 27.1 Å². The zero-order valence-electron chi connectivity index (χ0n) is 9.45. The first kappa shape index (κ1) is 13.1. The number of nitrogens with one attached hydrogen (secondary N) is 1. The summed E-state index contributed by atoms with van der Waals surface area (Å²) < 4.78 is 5.83. The van der Waals surface area contributed by atoms with Gasteiger partial charge in [-0.1, -0.05) is 36.1 Å². The van der Waals surface area contributed by atoms with Crippen molar-refractivity contribution in [2.75, 3.05) is 18.2 Å². The molecule has 0 aliphatic rings. The fourth-order valence-corrected chi connectivity index (χ4v) is 1.88. The van der Waals surface area contributed by atoms with Gasteiger partial charge in [0.05, 0.1) is 7.11 Å². The Hall–Kier alpha value is -1.00. The molecule has 1 aromatic rings. The van der Waals surface area contributed by atoms with Crippen molar-refractivity contribution in [3.05, 3.63) is 36.4 Å². The lowest BCUT2D eigenvalue weighted by atomic mass is 10.3. The van der Waals surface area contributed by atoms with E-state index in [9.17, 15) is 0 Å². The van der Waals surface area contributed by atoms with Gasteiger partial charge in [-0.2, -0.15) is 0 Å². The highest BCUT2D eigenvalue weighted by Gasteiger charge is 1.99. The molecule has 0 saturated carbocycles. The van der Waals surface area contributed by atoms with E-state index in [4.69, 9.17) is 17.0 Å². The van der Waals surface area contributed by atoms with Crippen LogP contribution in [0, 0.1) is 0 Å². The molecular weight excluding hydrogens is 238 g/mol. The molecule has 1 rings (SSSR count). The van der Waals surface area contributed by atoms with Gasteiger partial charge in [-0.3, -0.25) is 0 Å². The summed E-state index contributed by atoms with van der Waals surface area (Å²) in [5, 5.41) is 3.15. The topological polar surface area (TPSA) is 21.3 Å². The van der Waals surface area contributed by atoms with Crippen molar-refractivity contribution in [3.63, 3.8) is 0 Å². The molecule has 1 N–H and O–H groups in total. The molecule has 0 aliphatic carbocycles. The molecule has 86 valence electrons. The van der Waals surface area contributed by atoms with Crippen LogP contribution < -0.4 is 10.1 Å². The quantitative estimate of drug-likeness (QED) is 0.652. The third-order valence-corrected chi connectivity index (χ3v) is 3.24. The third kappa shape index (κ3) is 4.68. The first-order chi connectivity index (χ1) is 7.61. The molecule has 0 saturated heterocycles. The largest absolute Gasteiger partial charge is 0.497 e. The molecule has 0 heterocycles. The van der Waals surface area contributed by atoms with Crippen molar-refractivity contribution in [1.82, 2.24) is 0 Å². The number of anilines is 1. The number of thiocarbonyl (C=S) groups is 1. The van der Waals surface area contributed by atoms with Crippen molar-refractivity contribution in [2.45, 2.75) is 6.92 Å². The second-order valence-electron chi connectivity index (χ2n) is 3.39. The number of rotatable bonds is 4. The lowest BCUT2D eigenvalue weighted by Gasteiger charge is -2.08. The number of ether oxygens (including phenoxy) is 1. The fourth-order valence-electron chi connectivity index (χ4n) is 1.02. The Kier molecular flexibility index (Phi) is 5.35. The van der Waals surface area contributed by atoms with Crippen LogP contribution in [0.15, 0.2) is 36.4 Å². The van der Waals surface area contributed by atoms with Gasteiger partial charge in [0, 0.05) is 11.4 Å². The van der Waals surface area contributed by atoms with E-state index < -0.39 is 0 Å². The summed E-state index contributed by atoms with van der Waals surface area (Å²) in [6.45, 7) is 5.82. The Labute approximate surface area is 106 Å². The van der Waals surface area contributed by atoms with Crippen molar-refractivity contribution in [1.29, 1.82) is 0 Å². The smallest absolute Gasteiger partial charge is 0.138 e. The molecule has 0 atom stereocenters. The lowest BCUT2D eigenvalue weighted by Crippen LogP contribution is -2.05. The molecular formula is C12H15NOS2. The van der Waals surface area contributed by atoms with Gasteiger partial charge in [0.15, 0.2) is 0 Å². The van der Waals surface area contributed by atoms with Crippen LogP contribution in [-0.4, -0.2) is 17.2 Å². The molecule has 2 nitrogen and oxygen atoms in total. The minimum absolute atomic E-state index is 0.758. The highest BCUT2D eigenvalue weighted by molar-refractivity contribution is 8.23. The van der Waals surface area contributed by atoms with E-state index >= 15 is 0 Å². The Balaban J connectivity index is 2.46. The van der Waals surface area contributed by atoms with Gasteiger partial charge in [0.1, 0.15) is 10.1 Å². The molecule has 0 radical (unpaired) electrons. The monoisotopic (exact) mass is 253 g/mol. The molecule has 0 bridgehead atoms. The Morgan fingerprint density at radius 1 is 1.44 bits per heavy atom. The van der Waals surface area contributed by atoms with Crippen LogP contribution in [0.4, 0.5) is 5.69 Å². The van der Waals surface area contributed by atoms with Gasteiger partial charge < -0.3 is 10.1 Å². The summed E-state index contributed by atoms with van der Waals surface area (Å²) in [7, 11) is 1.65. The molecule has 0 unspecified atom stereocenters. The number of hydrogen-bond donors (Lipinski definition) is 1. The minimum Gasteiger partial charge on any atom is -0.497 e. The van der Waals surface area contributed by atoms with Crippen LogP contribution in [0.2, 0.25) is 0 Å². The van der Waals surface area contributed by atoms with E-state index in [1.54, 1.807) is 18.9 Å². The Morgan fingerprint density at radius 3 is 2.56 bits per heavy atom. The molecule has 1 aromatic carbocycles. The van der Waals surface area contributed by atoms with Gasteiger partial charge in [0.2, 0.25) is 0 Å². The standard InChI is InChI=1S/C12H15NOS2/c1-9(2)8-16-12(15)13-10-4-6-11(14-3)7-5-10/h4-7H,1,8H2,2-3H3,(H,13,15). The van der Waals surface area contributed by atoms with Crippen LogP contribution in [0.3, 0.4) is 0 Å². The number of hydrogen-bond acceptors (Lipinski definition) is 3. The predicted molar refractivity (Wildman–Crippen MR) is 76.5 cm³/mol. The summed E-state index contributed by atoms with van der Waals surface area (Å²) in [4.78, 5) is 0. The Bertz CT molecular complexity index is 373. The molecule has 0 aliphatic heterocycles. The molecule has 16 heavy (non-hydrogen) atoms. The van der Waals surface area contributed by atoms with Crippen molar-refractivity contribution < 1.29 is 4.74 Å². The normalized spacial score (nSPS) is 9.62. The van der Waals surface area contributed by atoms with E-state index in [1.807, 2.05) is 31.2 Å². The van der Waals surface area contributed by atoms with Crippen molar-refractivity contribution in [3.8, 4) is 5.75 Å². The van der Waals surface area contributed by atoms with Gasteiger partial charge >= 0.3 is 0 Å². The number of benzene rings is 1. The predicted octanol–water partition coefficient (Wildman–Crippen LogP) is 3.70. The van der Waals surface area contributed by atoms with Gasteiger partial charge in [0.25, 0.3) is 0 Å². The third-order valence-electron chi connectivity index (χ3n) is 1.79. The summed E-state index contributed by atoms with van der Waals surface area (Å²) in [5.74, 6) is 1.69. The molecule has 0 fully saturated rings. The zero-order valence-corrected chi connectivity index (χ0v) is 11.1. The lowest BCUT2D eigenvalue weighted by molar-refractivity contribution is 0.415. The van der Waals surface area contributed by atoms with Crippen LogP contribution in [0.5, 0.6) is 5.75 Å². The van der Waals surface area contributed by atoms with E-state index in [2.05, 4.69) is 11.9 Å². The fraction of sp³-hybridized carbons (Fsp3) is 0.250. The van der Waals surface area contributed by atoms with Crippen molar-refractivity contribution in [2.24, 2.45) is 0 Å². The van der Waals surface area contributed by atoms with Crippen molar-refractivity contribution >= 4 is 34.0 Å². The first-order valence-corrected chi connectivity index (χ1v) is 6.23. The summed E-state index contributed by atoms with van der Waals surface area (Å²) in [5.41, 5.74) is 2.09. The number of thioether (sulfide) groups is 1. The summed E-state index contributed by atoms with van der Waals surface area (Å²) >= 11 is 6.77. The average molecular weight is 253 g/mol. The average Bonchev–Trinajstić information content (AvgIpc) is 2.27. The SMILES string of the molecule is C=C(C)CSC(=S)Nc1ccc(OC)cc1. The highest BCUT2D eigenvalue weighted by atomic mass is 32.2. The van der Waals surface area contributed by atoms with E-state index in [0.29, 0.717) is 0 Å². The van der Waals surface area contributed by atoms with E-state index in [1.165, 1.54) is 0 Å². The molecule has 0 amide bonds. The molecule has 4 heteroatoms. The highest BCUT2D eigenvalue weighted by Crippen LogP contribution is 2.17. The van der Waals surface area contributed by atoms with Crippen LogP contribution in [0.1, 0.15) is 6.92 Å². The Morgan fingerprint density at radius 2 is 2.06 bits per heavy atom. The van der Waals surface area contributed by atoms with E-state index in [-0.39, 0.29) is 0 Å². The second kappa shape index (κ2) is 6.55.